The molecular weight excluding hydrogens is 312 g/mol. The third kappa shape index (κ3) is 3.12. The Bertz CT molecular complexity index is 654. The summed E-state index contributed by atoms with van der Waals surface area (Å²) < 4.78 is 10.9. The van der Waals surface area contributed by atoms with Gasteiger partial charge < -0.3 is 14.4 Å². The third-order valence-corrected chi connectivity index (χ3v) is 4.25. The Morgan fingerprint density at radius 2 is 2.08 bits per heavy atom. The molecule has 0 aliphatic carbocycles. The summed E-state index contributed by atoms with van der Waals surface area (Å²) in [6, 6.07) is 4.88. The van der Waals surface area contributed by atoms with Crippen molar-refractivity contribution < 1.29 is 23.9 Å². The van der Waals surface area contributed by atoms with Gasteiger partial charge in [-0.15, -0.1) is 0 Å². The lowest BCUT2D eigenvalue weighted by Crippen LogP contribution is -2.52. The van der Waals surface area contributed by atoms with E-state index >= 15 is 0 Å². The van der Waals surface area contributed by atoms with Crippen molar-refractivity contribution in [2.24, 2.45) is 0 Å². The van der Waals surface area contributed by atoms with Gasteiger partial charge in [-0.3, -0.25) is 19.3 Å². The Labute approximate surface area is 140 Å². The van der Waals surface area contributed by atoms with E-state index in [1.807, 2.05) is 6.92 Å². The Kier molecular flexibility index (Phi) is 4.80. The largest absolute Gasteiger partial charge is 0.478 e. The summed E-state index contributed by atoms with van der Waals surface area (Å²) >= 11 is 0. The molecule has 2 aliphatic heterocycles. The van der Waals surface area contributed by atoms with Gasteiger partial charge in [-0.2, -0.15) is 0 Å². The van der Waals surface area contributed by atoms with Crippen LogP contribution in [0.15, 0.2) is 18.2 Å². The van der Waals surface area contributed by atoms with Crippen molar-refractivity contribution >= 4 is 23.8 Å². The van der Waals surface area contributed by atoms with Gasteiger partial charge in [-0.25, -0.2) is 0 Å². The van der Waals surface area contributed by atoms with E-state index in [0.717, 1.165) is 0 Å². The van der Waals surface area contributed by atoms with Crippen molar-refractivity contribution in [1.82, 2.24) is 4.90 Å². The second kappa shape index (κ2) is 7.00. The number of rotatable bonds is 4. The van der Waals surface area contributed by atoms with E-state index in [2.05, 4.69) is 0 Å². The predicted octanol–water partition coefficient (Wildman–Crippen LogP) is 0.862. The molecule has 2 heterocycles. The van der Waals surface area contributed by atoms with Crippen molar-refractivity contribution in [3.63, 3.8) is 0 Å². The molecule has 2 aliphatic rings. The van der Waals surface area contributed by atoms with Gasteiger partial charge in [0.1, 0.15) is 18.6 Å². The fourth-order valence-electron chi connectivity index (χ4n) is 2.88. The van der Waals surface area contributed by atoms with Gasteiger partial charge in [0.05, 0.1) is 18.9 Å². The number of aldehydes is 1. The Balaban J connectivity index is 1.88. The van der Waals surface area contributed by atoms with Crippen LogP contribution >= 0.6 is 0 Å². The number of anilines is 1. The smallest absolute Gasteiger partial charge is 0.268 e. The van der Waals surface area contributed by atoms with E-state index < -0.39 is 6.10 Å². The predicted molar refractivity (Wildman–Crippen MR) is 86.3 cm³/mol. The van der Waals surface area contributed by atoms with E-state index in [0.29, 0.717) is 56.0 Å². The molecule has 0 N–H and O–H groups in total. The lowest BCUT2D eigenvalue weighted by atomic mass is 10.1. The van der Waals surface area contributed by atoms with Crippen molar-refractivity contribution in [3.05, 3.63) is 23.8 Å². The first kappa shape index (κ1) is 16.4. The first-order valence-corrected chi connectivity index (χ1v) is 8.06. The van der Waals surface area contributed by atoms with E-state index in [-0.39, 0.29) is 18.4 Å². The Morgan fingerprint density at radius 3 is 2.75 bits per heavy atom. The molecule has 0 bridgehead atoms. The number of ether oxygens (including phenoxy) is 2. The standard InChI is InChI=1S/C17H20N2O5/c1-2-14-17(22)19(10-16(21)18-5-7-23-8-6-18)13-9-12(11-20)3-4-15(13)24-14/h3-4,9,11,14H,2,5-8,10H2,1H3. The Morgan fingerprint density at radius 1 is 1.33 bits per heavy atom. The molecule has 24 heavy (non-hydrogen) atoms. The molecule has 1 fully saturated rings. The van der Waals surface area contributed by atoms with Gasteiger partial charge in [0.15, 0.2) is 6.10 Å². The first-order valence-electron chi connectivity index (χ1n) is 8.06. The number of hydrogen-bond acceptors (Lipinski definition) is 5. The van der Waals surface area contributed by atoms with Crippen molar-refractivity contribution in [2.75, 3.05) is 37.7 Å². The maximum atomic E-state index is 12.7. The average molecular weight is 332 g/mol. The number of hydrogen-bond donors (Lipinski definition) is 0. The average Bonchev–Trinajstić information content (AvgIpc) is 2.64. The number of fused-ring (bicyclic) bond motifs is 1. The van der Waals surface area contributed by atoms with Crippen LogP contribution in [0.5, 0.6) is 5.75 Å². The van der Waals surface area contributed by atoms with Crippen molar-refractivity contribution in [2.45, 2.75) is 19.4 Å². The molecule has 7 nitrogen and oxygen atoms in total. The van der Waals surface area contributed by atoms with E-state index in [1.54, 1.807) is 23.1 Å². The number of amides is 2. The summed E-state index contributed by atoms with van der Waals surface area (Å²) in [5, 5.41) is 0. The van der Waals surface area contributed by atoms with Crippen LogP contribution in [-0.4, -0.2) is 62.0 Å². The fraction of sp³-hybridized carbons (Fsp3) is 0.471. The molecule has 2 amide bonds. The molecule has 0 spiro atoms. The second-order valence-corrected chi connectivity index (χ2v) is 5.78. The minimum absolute atomic E-state index is 0.0615. The van der Waals surface area contributed by atoms with Gasteiger partial charge in [-0.05, 0) is 24.6 Å². The highest BCUT2D eigenvalue weighted by atomic mass is 16.5. The topological polar surface area (TPSA) is 76.2 Å². The first-order chi connectivity index (χ1) is 11.6. The summed E-state index contributed by atoms with van der Waals surface area (Å²) in [7, 11) is 0. The van der Waals surface area contributed by atoms with Gasteiger partial charge in [0, 0.05) is 18.7 Å². The van der Waals surface area contributed by atoms with Crippen LogP contribution in [0.1, 0.15) is 23.7 Å². The highest BCUT2D eigenvalue weighted by molar-refractivity contribution is 6.04. The zero-order chi connectivity index (χ0) is 17.1. The third-order valence-electron chi connectivity index (χ3n) is 4.25. The Hall–Kier alpha value is -2.41. The minimum atomic E-state index is -0.614. The van der Waals surface area contributed by atoms with Gasteiger partial charge in [0.2, 0.25) is 5.91 Å². The molecule has 0 radical (unpaired) electrons. The molecule has 3 rings (SSSR count). The maximum absolute atomic E-state index is 12.7. The van der Waals surface area contributed by atoms with Crippen LogP contribution < -0.4 is 9.64 Å². The van der Waals surface area contributed by atoms with Crippen molar-refractivity contribution in [1.29, 1.82) is 0 Å². The van der Waals surface area contributed by atoms with Gasteiger partial charge in [0.25, 0.3) is 5.91 Å². The molecule has 1 unspecified atom stereocenters. The molecular formula is C17H20N2O5. The SMILES string of the molecule is CCC1Oc2ccc(C=O)cc2N(CC(=O)N2CCOCC2)C1=O. The molecule has 1 aromatic carbocycles. The van der Waals surface area contributed by atoms with Crippen LogP contribution in [0.3, 0.4) is 0 Å². The molecule has 0 saturated carbocycles. The minimum Gasteiger partial charge on any atom is -0.478 e. The molecule has 1 saturated heterocycles. The van der Waals surface area contributed by atoms with E-state index in [9.17, 15) is 14.4 Å². The fourth-order valence-corrected chi connectivity index (χ4v) is 2.88. The number of nitrogens with zero attached hydrogens (tertiary/aromatic N) is 2. The van der Waals surface area contributed by atoms with Crippen LogP contribution in [0, 0.1) is 0 Å². The summed E-state index contributed by atoms with van der Waals surface area (Å²) in [5.41, 5.74) is 0.903. The lowest BCUT2D eigenvalue weighted by Gasteiger charge is -2.35. The molecule has 7 heteroatoms. The lowest BCUT2D eigenvalue weighted by molar-refractivity contribution is -0.136. The number of carbonyl (C=O) groups excluding carboxylic acids is 3. The van der Waals surface area contributed by atoms with E-state index in [4.69, 9.17) is 9.47 Å². The van der Waals surface area contributed by atoms with Crippen LogP contribution in [0.4, 0.5) is 5.69 Å². The zero-order valence-corrected chi connectivity index (χ0v) is 13.6. The monoisotopic (exact) mass is 332 g/mol. The maximum Gasteiger partial charge on any atom is 0.268 e. The van der Waals surface area contributed by atoms with Crippen LogP contribution in [-0.2, 0) is 14.3 Å². The highest BCUT2D eigenvalue weighted by Gasteiger charge is 2.35. The quantitative estimate of drug-likeness (QED) is 0.765. The number of benzene rings is 1. The molecule has 0 aromatic heterocycles. The normalized spacial score (nSPS) is 20.4. The zero-order valence-electron chi connectivity index (χ0n) is 13.6. The van der Waals surface area contributed by atoms with Crippen LogP contribution in [0.2, 0.25) is 0 Å². The highest BCUT2D eigenvalue weighted by Crippen LogP contribution is 2.35. The van der Waals surface area contributed by atoms with Crippen molar-refractivity contribution in [3.8, 4) is 5.75 Å². The molecule has 128 valence electrons. The summed E-state index contributed by atoms with van der Waals surface area (Å²) in [5.74, 6) is 0.127. The van der Waals surface area contributed by atoms with E-state index in [1.165, 1.54) is 4.90 Å². The summed E-state index contributed by atoms with van der Waals surface area (Å²) in [4.78, 5) is 39.3. The van der Waals surface area contributed by atoms with Gasteiger partial charge in [-0.1, -0.05) is 6.92 Å². The second-order valence-electron chi connectivity index (χ2n) is 5.78. The van der Waals surface area contributed by atoms with Crippen LogP contribution in [0.25, 0.3) is 0 Å². The molecule has 1 atom stereocenters. The summed E-state index contributed by atoms with van der Waals surface area (Å²) in [6.45, 7) is 3.85. The number of morpholine rings is 1. The van der Waals surface area contributed by atoms with Gasteiger partial charge >= 0.3 is 0 Å². The number of carbonyl (C=O) groups is 3. The molecule has 1 aromatic rings. The summed E-state index contributed by atoms with van der Waals surface area (Å²) in [6.07, 6.45) is 0.603.